The van der Waals surface area contributed by atoms with Crippen LogP contribution >= 0.6 is 23.5 Å². The van der Waals surface area contributed by atoms with E-state index >= 15 is 0 Å². The zero-order valence-electron chi connectivity index (χ0n) is 16.1. The number of non-ortho nitro benzene ring substituents is 1. The molecule has 1 aromatic carbocycles. The maximum atomic E-state index is 12.9. The lowest BCUT2D eigenvalue weighted by molar-refractivity contribution is -0.384. The minimum Gasteiger partial charge on any atom is -0.456 e. The molecule has 0 saturated carbocycles. The maximum Gasteiger partial charge on any atom is 0.357 e. The molecule has 154 valence electrons. The fourth-order valence-corrected chi connectivity index (χ4v) is 5.79. The monoisotopic (exact) mass is 443 g/mol. The van der Waals surface area contributed by atoms with Crippen LogP contribution in [0, 0.1) is 15.5 Å². The average Bonchev–Trinajstić information content (AvgIpc) is 3.10. The topological polar surface area (TPSA) is 103 Å². The number of carbonyl (C=O) groups excluding carboxylic acids is 2. The molecule has 0 aliphatic carbocycles. The van der Waals surface area contributed by atoms with Crippen LogP contribution < -0.4 is 0 Å². The molecule has 1 aromatic heterocycles. The van der Waals surface area contributed by atoms with Crippen LogP contribution in [0.4, 0.5) is 5.69 Å². The van der Waals surface area contributed by atoms with Crippen LogP contribution in [0.15, 0.2) is 63.6 Å². The number of nitro groups is 1. The first-order chi connectivity index (χ1) is 14.3. The van der Waals surface area contributed by atoms with Gasteiger partial charge >= 0.3 is 5.97 Å². The summed E-state index contributed by atoms with van der Waals surface area (Å²) in [5, 5.41) is 11.3. The number of amides is 1. The van der Waals surface area contributed by atoms with Crippen LogP contribution in [0.2, 0.25) is 0 Å². The molecule has 2 aliphatic heterocycles. The van der Waals surface area contributed by atoms with Gasteiger partial charge in [0, 0.05) is 18.3 Å². The van der Waals surface area contributed by atoms with Crippen LogP contribution in [-0.2, 0) is 20.9 Å². The summed E-state index contributed by atoms with van der Waals surface area (Å²) in [6.45, 7) is 3.66. The predicted octanol–water partition coefficient (Wildman–Crippen LogP) is 3.94. The first kappa shape index (κ1) is 20.4. The molecule has 1 saturated heterocycles. The van der Waals surface area contributed by atoms with Crippen molar-refractivity contribution in [3.8, 4) is 0 Å². The number of aromatic nitrogens is 1. The largest absolute Gasteiger partial charge is 0.456 e. The van der Waals surface area contributed by atoms with Crippen molar-refractivity contribution < 1.29 is 19.2 Å². The SMILES string of the molecule is CC1(C)C(=O)N2C(C(=O)OCc3ccc([N+](=O)[O-])cc3)=C(Sc3ccccn3)S[C@H]21. The number of carbonyl (C=O) groups is 2. The normalized spacial score (nSPS) is 19.3. The molecule has 4 rings (SSSR count). The molecule has 2 aromatic rings. The van der Waals surface area contributed by atoms with E-state index in [1.165, 1.54) is 52.7 Å². The molecular formula is C20H17N3O5S2. The van der Waals surface area contributed by atoms with Crippen molar-refractivity contribution in [2.45, 2.75) is 30.9 Å². The van der Waals surface area contributed by atoms with Gasteiger partial charge < -0.3 is 4.74 Å². The highest BCUT2D eigenvalue weighted by atomic mass is 32.2. The van der Waals surface area contributed by atoms with E-state index in [0.717, 1.165) is 0 Å². The summed E-state index contributed by atoms with van der Waals surface area (Å²) in [6, 6.07) is 11.3. The average molecular weight is 444 g/mol. The predicted molar refractivity (Wildman–Crippen MR) is 112 cm³/mol. The third-order valence-corrected chi connectivity index (χ3v) is 7.62. The third kappa shape index (κ3) is 3.56. The summed E-state index contributed by atoms with van der Waals surface area (Å²) >= 11 is 2.79. The van der Waals surface area contributed by atoms with Gasteiger partial charge in [0.15, 0.2) is 5.70 Å². The minimum atomic E-state index is -0.606. The minimum absolute atomic E-state index is 0.0368. The van der Waals surface area contributed by atoms with Crippen molar-refractivity contribution in [1.29, 1.82) is 0 Å². The van der Waals surface area contributed by atoms with Crippen LogP contribution in [0.1, 0.15) is 19.4 Å². The van der Waals surface area contributed by atoms with E-state index in [1.807, 2.05) is 26.0 Å². The quantitative estimate of drug-likeness (QED) is 0.286. The number of thioether (sulfide) groups is 2. The number of hydrogen-bond donors (Lipinski definition) is 0. The lowest BCUT2D eigenvalue weighted by Crippen LogP contribution is -2.63. The number of rotatable bonds is 6. The number of pyridine rings is 1. The zero-order chi connectivity index (χ0) is 21.5. The van der Waals surface area contributed by atoms with Crippen LogP contribution in [0.25, 0.3) is 0 Å². The maximum absolute atomic E-state index is 12.9. The molecular weight excluding hydrogens is 426 g/mol. The summed E-state index contributed by atoms with van der Waals surface area (Å²) in [4.78, 5) is 41.6. The Bertz CT molecular complexity index is 1050. The molecule has 0 spiro atoms. The zero-order valence-corrected chi connectivity index (χ0v) is 17.7. The molecule has 10 heteroatoms. The Morgan fingerprint density at radius 2 is 2.03 bits per heavy atom. The molecule has 1 amide bonds. The van der Waals surface area contributed by atoms with E-state index in [4.69, 9.17) is 4.74 Å². The van der Waals surface area contributed by atoms with E-state index in [0.29, 0.717) is 14.8 Å². The number of fused-ring (bicyclic) bond motifs is 1. The van der Waals surface area contributed by atoms with Gasteiger partial charge in [-0.2, -0.15) is 0 Å². The summed E-state index contributed by atoms with van der Waals surface area (Å²) in [6.07, 6.45) is 1.67. The Balaban J connectivity index is 1.54. The van der Waals surface area contributed by atoms with Crippen molar-refractivity contribution >= 4 is 41.1 Å². The second-order valence-corrected chi connectivity index (χ2v) is 9.65. The summed E-state index contributed by atoms with van der Waals surface area (Å²) < 4.78 is 6.11. The lowest BCUT2D eigenvalue weighted by Gasteiger charge is -2.48. The Labute approximate surface area is 180 Å². The van der Waals surface area contributed by atoms with Gasteiger partial charge in [-0.15, -0.1) is 0 Å². The molecule has 2 aliphatic rings. The van der Waals surface area contributed by atoms with E-state index in [2.05, 4.69) is 4.98 Å². The first-order valence-electron chi connectivity index (χ1n) is 9.03. The van der Waals surface area contributed by atoms with Gasteiger partial charge in [0.05, 0.1) is 14.6 Å². The summed E-state index contributed by atoms with van der Waals surface area (Å²) in [7, 11) is 0. The van der Waals surface area contributed by atoms with Crippen LogP contribution in [0.3, 0.4) is 0 Å². The summed E-state index contributed by atoms with van der Waals surface area (Å²) in [5.41, 5.74) is 0.240. The second-order valence-electron chi connectivity index (χ2n) is 7.27. The van der Waals surface area contributed by atoms with Gasteiger partial charge in [-0.25, -0.2) is 9.78 Å². The number of nitro benzene ring substituents is 1. The highest BCUT2D eigenvalue weighted by Gasteiger charge is 2.61. The van der Waals surface area contributed by atoms with Crippen LogP contribution in [0.5, 0.6) is 0 Å². The lowest BCUT2D eigenvalue weighted by atomic mass is 9.82. The number of nitrogens with zero attached hydrogens (tertiary/aromatic N) is 3. The van der Waals surface area contributed by atoms with Crippen molar-refractivity contribution in [3.05, 3.63) is 74.3 Å². The Morgan fingerprint density at radius 3 is 2.67 bits per heavy atom. The number of benzene rings is 1. The molecule has 0 unspecified atom stereocenters. The number of esters is 1. The fraction of sp³-hybridized carbons (Fsp3) is 0.250. The Hall–Kier alpha value is -2.85. The number of β-lactam (4-membered cyclic amide) rings is 1. The Morgan fingerprint density at radius 1 is 1.30 bits per heavy atom. The Kier molecular flexibility index (Phi) is 5.29. The van der Waals surface area contributed by atoms with E-state index in [-0.39, 0.29) is 29.3 Å². The first-order valence-corrected chi connectivity index (χ1v) is 10.7. The fourth-order valence-electron chi connectivity index (χ4n) is 3.14. The molecule has 8 nitrogen and oxygen atoms in total. The molecule has 3 heterocycles. The van der Waals surface area contributed by atoms with Crippen molar-refractivity contribution in [1.82, 2.24) is 9.88 Å². The van der Waals surface area contributed by atoms with Gasteiger partial charge in [-0.1, -0.05) is 29.6 Å². The number of hydrogen-bond acceptors (Lipinski definition) is 8. The molecule has 1 atom stereocenters. The van der Waals surface area contributed by atoms with Crippen molar-refractivity contribution in [3.63, 3.8) is 0 Å². The van der Waals surface area contributed by atoms with Gasteiger partial charge in [-0.3, -0.25) is 19.8 Å². The second kappa shape index (κ2) is 7.77. The van der Waals surface area contributed by atoms with Gasteiger partial charge in [0.1, 0.15) is 17.0 Å². The van der Waals surface area contributed by atoms with Gasteiger partial charge in [0.2, 0.25) is 5.91 Å². The molecule has 0 N–H and O–H groups in total. The van der Waals surface area contributed by atoms with Crippen molar-refractivity contribution in [2.75, 3.05) is 0 Å². The van der Waals surface area contributed by atoms with E-state index in [1.54, 1.807) is 12.3 Å². The van der Waals surface area contributed by atoms with E-state index < -0.39 is 16.3 Å². The summed E-state index contributed by atoms with van der Waals surface area (Å²) in [5.74, 6) is -0.732. The molecule has 1 fully saturated rings. The molecule has 30 heavy (non-hydrogen) atoms. The van der Waals surface area contributed by atoms with Gasteiger partial charge in [-0.05, 0) is 43.7 Å². The third-order valence-electron chi connectivity index (χ3n) is 4.82. The van der Waals surface area contributed by atoms with Crippen LogP contribution in [-0.4, -0.2) is 32.1 Å². The van der Waals surface area contributed by atoms with Gasteiger partial charge in [0.25, 0.3) is 5.69 Å². The molecule has 0 radical (unpaired) electrons. The highest BCUT2D eigenvalue weighted by molar-refractivity contribution is 8.22. The number of ether oxygens (including phenoxy) is 1. The highest BCUT2D eigenvalue weighted by Crippen LogP contribution is 2.58. The van der Waals surface area contributed by atoms with E-state index in [9.17, 15) is 19.7 Å². The smallest absolute Gasteiger partial charge is 0.357 e. The molecule has 0 bridgehead atoms. The van der Waals surface area contributed by atoms with Crippen molar-refractivity contribution in [2.24, 2.45) is 5.41 Å². The standard InChI is InChI=1S/C20H17N3O5S2/c1-20(2)18(25)22-15(17(30-19(20)22)29-14-5-3-4-10-21-14)16(24)28-11-12-6-8-13(9-7-12)23(26)27/h3-10,19H,11H2,1-2H3/t19-/m0/s1.